The van der Waals surface area contributed by atoms with Crippen molar-refractivity contribution in [2.45, 2.75) is 19.1 Å². The highest BCUT2D eigenvalue weighted by atomic mass is 16.5. The number of aliphatic hydroxyl groups excluding tert-OH is 1. The Morgan fingerprint density at radius 2 is 2.17 bits per heavy atom. The lowest BCUT2D eigenvalue weighted by Crippen LogP contribution is -2.40. The summed E-state index contributed by atoms with van der Waals surface area (Å²) in [5.41, 5.74) is -0.0928. The van der Waals surface area contributed by atoms with Crippen molar-refractivity contribution in [2.75, 3.05) is 19.8 Å². The van der Waals surface area contributed by atoms with Crippen LogP contribution in [0.15, 0.2) is 36.9 Å². The van der Waals surface area contributed by atoms with E-state index in [0.29, 0.717) is 19.7 Å². The Balaban J connectivity index is 2.53. The summed E-state index contributed by atoms with van der Waals surface area (Å²) in [6.07, 6.45) is 1.70. The van der Waals surface area contributed by atoms with E-state index in [1.54, 1.807) is 13.0 Å². The fourth-order valence-electron chi connectivity index (χ4n) is 1.46. The molecule has 0 bridgehead atoms. The Kier molecular flexibility index (Phi) is 5.85. The van der Waals surface area contributed by atoms with Gasteiger partial charge in [0.25, 0.3) is 0 Å². The summed E-state index contributed by atoms with van der Waals surface area (Å²) in [6, 6.07) is 7.69. The Morgan fingerprint density at radius 1 is 1.44 bits per heavy atom. The van der Waals surface area contributed by atoms with Gasteiger partial charge in [0.1, 0.15) is 12.4 Å². The van der Waals surface area contributed by atoms with Crippen molar-refractivity contribution in [2.24, 2.45) is 0 Å². The fraction of sp³-hybridized carbons (Fsp3) is 0.429. The van der Waals surface area contributed by atoms with E-state index < -0.39 is 5.60 Å². The molecule has 0 heterocycles. The van der Waals surface area contributed by atoms with Crippen molar-refractivity contribution in [1.29, 1.82) is 0 Å². The maximum Gasteiger partial charge on any atom is 0.124 e. The van der Waals surface area contributed by atoms with Crippen LogP contribution in [0.5, 0.6) is 5.75 Å². The zero-order valence-electron chi connectivity index (χ0n) is 10.7. The number of ether oxygens (including phenoxy) is 1. The average molecular weight is 251 g/mol. The molecule has 0 saturated heterocycles. The van der Waals surface area contributed by atoms with Gasteiger partial charge in [-0.1, -0.05) is 30.9 Å². The number of hydrogen-bond acceptors (Lipinski definition) is 4. The third-order valence-corrected chi connectivity index (χ3v) is 2.49. The van der Waals surface area contributed by atoms with Crippen molar-refractivity contribution in [3.8, 4) is 5.75 Å². The van der Waals surface area contributed by atoms with E-state index >= 15 is 0 Å². The Bertz CT molecular complexity index is 377. The molecule has 1 rings (SSSR count). The average Bonchev–Trinajstić information content (AvgIpc) is 2.37. The molecule has 3 N–H and O–H groups in total. The molecule has 1 aromatic carbocycles. The van der Waals surface area contributed by atoms with E-state index in [2.05, 4.69) is 11.9 Å². The van der Waals surface area contributed by atoms with Crippen LogP contribution in [-0.2, 0) is 6.54 Å². The van der Waals surface area contributed by atoms with Crippen LogP contribution in [0.25, 0.3) is 0 Å². The molecule has 4 nitrogen and oxygen atoms in total. The van der Waals surface area contributed by atoms with Gasteiger partial charge in [0.2, 0.25) is 0 Å². The van der Waals surface area contributed by atoms with Gasteiger partial charge in [0.15, 0.2) is 0 Å². The van der Waals surface area contributed by atoms with Gasteiger partial charge in [-0.15, -0.1) is 0 Å². The normalized spacial score (nSPS) is 13.9. The van der Waals surface area contributed by atoms with Gasteiger partial charge >= 0.3 is 0 Å². The molecule has 0 saturated carbocycles. The summed E-state index contributed by atoms with van der Waals surface area (Å²) in [7, 11) is 0. The molecule has 0 aliphatic rings. The topological polar surface area (TPSA) is 61.7 Å². The second-order valence-electron chi connectivity index (χ2n) is 4.47. The third-order valence-electron chi connectivity index (χ3n) is 2.49. The van der Waals surface area contributed by atoms with Crippen LogP contribution in [0.3, 0.4) is 0 Å². The second kappa shape index (κ2) is 7.16. The summed E-state index contributed by atoms with van der Waals surface area (Å²) in [5, 5.41) is 21.7. The van der Waals surface area contributed by atoms with Crippen molar-refractivity contribution >= 4 is 0 Å². The van der Waals surface area contributed by atoms with Crippen LogP contribution < -0.4 is 10.1 Å². The number of para-hydroxylation sites is 1. The van der Waals surface area contributed by atoms with Gasteiger partial charge in [-0.3, -0.25) is 0 Å². The smallest absolute Gasteiger partial charge is 0.124 e. The molecule has 18 heavy (non-hydrogen) atoms. The summed E-state index contributed by atoms with van der Waals surface area (Å²) < 4.78 is 5.53. The zero-order valence-corrected chi connectivity index (χ0v) is 10.7. The van der Waals surface area contributed by atoms with E-state index in [4.69, 9.17) is 9.84 Å². The van der Waals surface area contributed by atoms with Crippen LogP contribution in [-0.4, -0.2) is 35.6 Å². The molecule has 0 radical (unpaired) electrons. The van der Waals surface area contributed by atoms with E-state index in [9.17, 15) is 5.11 Å². The Hall–Kier alpha value is -1.36. The lowest BCUT2D eigenvalue weighted by atomic mass is 10.1. The largest absolute Gasteiger partial charge is 0.489 e. The van der Waals surface area contributed by atoms with E-state index in [-0.39, 0.29) is 6.61 Å². The van der Waals surface area contributed by atoms with E-state index in [1.165, 1.54) is 0 Å². The highest BCUT2D eigenvalue weighted by Gasteiger charge is 2.18. The molecular formula is C14H21NO3. The molecule has 1 unspecified atom stereocenters. The predicted octanol–water partition coefficient (Wildman–Crippen LogP) is 1.08. The first-order valence-corrected chi connectivity index (χ1v) is 5.94. The predicted molar refractivity (Wildman–Crippen MR) is 71.6 cm³/mol. The van der Waals surface area contributed by atoms with Crippen LogP contribution in [0.4, 0.5) is 0 Å². The number of benzene rings is 1. The quantitative estimate of drug-likeness (QED) is 0.605. The minimum absolute atomic E-state index is 0.269. The standard InChI is InChI=1S/C14H21NO3/c1-3-8-18-13-7-5-4-6-12(13)9-15-10-14(2,17)11-16/h3-7,15-17H,1,8-11H2,2H3. The number of nitrogens with one attached hydrogen (secondary N) is 1. The first-order valence-electron chi connectivity index (χ1n) is 5.94. The van der Waals surface area contributed by atoms with E-state index in [0.717, 1.165) is 11.3 Å². The Morgan fingerprint density at radius 3 is 2.83 bits per heavy atom. The molecular weight excluding hydrogens is 230 g/mol. The van der Waals surface area contributed by atoms with Crippen molar-refractivity contribution in [1.82, 2.24) is 5.32 Å². The molecule has 0 spiro atoms. The monoisotopic (exact) mass is 251 g/mol. The highest BCUT2D eigenvalue weighted by molar-refractivity contribution is 5.33. The minimum atomic E-state index is -1.10. The number of aliphatic hydroxyl groups is 2. The van der Waals surface area contributed by atoms with Gasteiger partial charge in [-0.2, -0.15) is 0 Å². The molecule has 100 valence electrons. The first-order chi connectivity index (χ1) is 8.59. The summed E-state index contributed by atoms with van der Waals surface area (Å²) in [5.74, 6) is 0.800. The molecule has 0 aliphatic heterocycles. The molecule has 0 fully saturated rings. The van der Waals surface area contributed by atoms with Gasteiger partial charge in [-0.25, -0.2) is 0 Å². The molecule has 0 aromatic heterocycles. The van der Waals surface area contributed by atoms with Crippen LogP contribution in [0.2, 0.25) is 0 Å². The van der Waals surface area contributed by atoms with Gasteiger partial charge < -0.3 is 20.3 Å². The molecule has 4 heteroatoms. The van der Waals surface area contributed by atoms with Crippen molar-refractivity contribution in [3.63, 3.8) is 0 Å². The molecule has 0 aliphatic carbocycles. The summed E-state index contributed by atoms with van der Waals surface area (Å²) in [4.78, 5) is 0. The van der Waals surface area contributed by atoms with Crippen LogP contribution >= 0.6 is 0 Å². The SMILES string of the molecule is C=CCOc1ccccc1CNCC(C)(O)CO. The number of hydrogen-bond donors (Lipinski definition) is 3. The zero-order chi connectivity index (χ0) is 13.4. The lowest BCUT2D eigenvalue weighted by Gasteiger charge is -2.21. The van der Waals surface area contributed by atoms with Gasteiger partial charge in [0, 0.05) is 18.7 Å². The van der Waals surface area contributed by atoms with Gasteiger partial charge in [-0.05, 0) is 13.0 Å². The maximum absolute atomic E-state index is 9.65. The van der Waals surface area contributed by atoms with E-state index in [1.807, 2.05) is 24.3 Å². The lowest BCUT2D eigenvalue weighted by molar-refractivity contribution is 0.00250. The summed E-state index contributed by atoms with van der Waals surface area (Å²) >= 11 is 0. The summed E-state index contributed by atoms with van der Waals surface area (Å²) in [6.45, 7) is 6.28. The van der Waals surface area contributed by atoms with Crippen LogP contribution in [0, 0.1) is 0 Å². The minimum Gasteiger partial charge on any atom is -0.489 e. The fourth-order valence-corrected chi connectivity index (χ4v) is 1.46. The first kappa shape index (κ1) is 14.7. The third kappa shape index (κ3) is 4.87. The van der Waals surface area contributed by atoms with Crippen LogP contribution in [0.1, 0.15) is 12.5 Å². The second-order valence-corrected chi connectivity index (χ2v) is 4.47. The molecule has 1 atom stereocenters. The highest BCUT2D eigenvalue weighted by Crippen LogP contribution is 2.17. The number of rotatable bonds is 8. The van der Waals surface area contributed by atoms with Crippen molar-refractivity contribution in [3.05, 3.63) is 42.5 Å². The Labute approximate surface area is 108 Å². The maximum atomic E-state index is 9.65. The molecule has 1 aromatic rings. The van der Waals surface area contributed by atoms with Gasteiger partial charge in [0.05, 0.1) is 12.2 Å². The van der Waals surface area contributed by atoms with Crippen molar-refractivity contribution < 1.29 is 14.9 Å². The molecule has 0 amide bonds.